The molecule has 15 heavy (non-hydrogen) atoms. The van der Waals surface area contributed by atoms with Crippen LogP contribution in [-0.2, 0) is 0 Å². The fourth-order valence-electron chi connectivity index (χ4n) is 2.59. The van der Waals surface area contributed by atoms with Gasteiger partial charge in [0, 0.05) is 14.7 Å². The summed E-state index contributed by atoms with van der Waals surface area (Å²) in [6.07, 6.45) is 4.81. The highest BCUT2D eigenvalue weighted by molar-refractivity contribution is 6.76. The summed E-state index contributed by atoms with van der Waals surface area (Å²) in [5.41, 5.74) is 1.84. The average Bonchev–Trinajstić information content (AvgIpc) is 1.99. The highest BCUT2D eigenvalue weighted by atomic mass is 28.3. The summed E-state index contributed by atoms with van der Waals surface area (Å²) in [6, 6.07) is 1.33. The predicted molar refractivity (Wildman–Crippen MR) is 69.8 cm³/mol. The van der Waals surface area contributed by atoms with Crippen LogP contribution in [0.2, 0.25) is 25.7 Å². The summed E-state index contributed by atoms with van der Waals surface area (Å²) < 4.78 is 0. The Kier molecular flexibility index (Phi) is 3.83. The van der Waals surface area contributed by atoms with Gasteiger partial charge in [0.05, 0.1) is 0 Å². The van der Waals surface area contributed by atoms with E-state index in [1.54, 1.807) is 5.57 Å². The predicted octanol–water partition coefficient (Wildman–Crippen LogP) is 3.68. The molecule has 0 amide bonds. The summed E-state index contributed by atoms with van der Waals surface area (Å²) in [5.74, 6) is 0.461. The van der Waals surface area contributed by atoms with Crippen LogP contribution >= 0.6 is 0 Å². The smallest absolute Gasteiger partial charge is 0.0483 e. The Morgan fingerprint density at radius 2 is 2.00 bits per heavy atom. The van der Waals surface area contributed by atoms with Crippen LogP contribution in [0.15, 0.2) is 11.6 Å². The van der Waals surface area contributed by atoms with Crippen LogP contribution in [0.1, 0.15) is 26.7 Å². The molecule has 0 fully saturated rings. The summed E-state index contributed by atoms with van der Waals surface area (Å²) in [7, 11) is -0.970. The van der Waals surface area contributed by atoms with E-state index in [-0.39, 0.29) is 5.41 Å². The SMILES string of the molecule is CC1(C)C=C(C[Si](C)(C)C)CCC1CO. The van der Waals surface area contributed by atoms with E-state index in [0.29, 0.717) is 12.5 Å². The van der Waals surface area contributed by atoms with Crippen molar-refractivity contribution < 1.29 is 5.11 Å². The van der Waals surface area contributed by atoms with Gasteiger partial charge in [0.25, 0.3) is 0 Å². The van der Waals surface area contributed by atoms with E-state index >= 15 is 0 Å². The Labute approximate surface area is 95.6 Å². The first-order chi connectivity index (χ1) is 6.74. The Bertz CT molecular complexity index is 248. The van der Waals surface area contributed by atoms with Gasteiger partial charge in [-0.1, -0.05) is 45.1 Å². The van der Waals surface area contributed by atoms with Crippen LogP contribution in [0, 0.1) is 11.3 Å². The quantitative estimate of drug-likeness (QED) is 0.575. The van der Waals surface area contributed by atoms with Crippen LogP contribution in [0.5, 0.6) is 0 Å². The Balaban J connectivity index is 2.75. The van der Waals surface area contributed by atoms with Crippen LogP contribution < -0.4 is 0 Å². The Morgan fingerprint density at radius 3 is 2.40 bits per heavy atom. The molecule has 0 heterocycles. The molecule has 0 bridgehead atoms. The minimum atomic E-state index is -0.970. The molecule has 88 valence electrons. The van der Waals surface area contributed by atoms with Gasteiger partial charge in [-0.3, -0.25) is 0 Å². The van der Waals surface area contributed by atoms with Crippen LogP contribution in [0.4, 0.5) is 0 Å². The molecule has 0 radical (unpaired) electrons. The first kappa shape index (κ1) is 13.0. The molecule has 1 N–H and O–H groups in total. The second-order valence-electron chi connectivity index (χ2n) is 6.78. The zero-order valence-corrected chi connectivity index (χ0v) is 11.9. The van der Waals surface area contributed by atoms with Gasteiger partial charge in [-0.05, 0) is 30.2 Å². The first-order valence-corrected chi connectivity index (χ1v) is 9.77. The molecule has 2 heteroatoms. The third-order valence-corrected chi connectivity index (χ3v) is 4.93. The van der Waals surface area contributed by atoms with Crippen molar-refractivity contribution in [2.24, 2.45) is 11.3 Å². The van der Waals surface area contributed by atoms with E-state index in [2.05, 4.69) is 39.6 Å². The molecule has 0 saturated carbocycles. The average molecular weight is 226 g/mol. The van der Waals surface area contributed by atoms with Crippen molar-refractivity contribution in [3.63, 3.8) is 0 Å². The molecule has 0 spiro atoms. The number of hydrogen-bond donors (Lipinski definition) is 1. The van der Waals surface area contributed by atoms with Crippen molar-refractivity contribution >= 4 is 8.07 Å². The fourth-order valence-corrected chi connectivity index (χ4v) is 4.24. The lowest BCUT2D eigenvalue weighted by molar-refractivity contribution is 0.135. The molecule has 1 aliphatic rings. The van der Waals surface area contributed by atoms with Crippen molar-refractivity contribution in [3.8, 4) is 0 Å². The highest BCUT2D eigenvalue weighted by Gasteiger charge is 2.31. The molecule has 1 aliphatic carbocycles. The number of aliphatic hydroxyl groups excluding tert-OH is 1. The van der Waals surface area contributed by atoms with E-state index in [0.717, 1.165) is 0 Å². The molecule has 0 aliphatic heterocycles. The Morgan fingerprint density at radius 1 is 1.40 bits per heavy atom. The van der Waals surface area contributed by atoms with Gasteiger partial charge in [0.1, 0.15) is 0 Å². The maximum absolute atomic E-state index is 9.32. The van der Waals surface area contributed by atoms with Crippen molar-refractivity contribution in [3.05, 3.63) is 11.6 Å². The van der Waals surface area contributed by atoms with Crippen LogP contribution in [0.3, 0.4) is 0 Å². The number of hydrogen-bond acceptors (Lipinski definition) is 1. The minimum Gasteiger partial charge on any atom is -0.396 e. The lowest BCUT2D eigenvalue weighted by Gasteiger charge is -2.37. The zero-order chi connectivity index (χ0) is 11.7. The van der Waals surface area contributed by atoms with Gasteiger partial charge in [-0.25, -0.2) is 0 Å². The monoisotopic (exact) mass is 226 g/mol. The van der Waals surface area contributed by atoms with Crippen molar-refractivity contribution in [1.29, 1.82) is 0 Å². The molecule has 0 aromatic carbocycles. The number of allylic oxidation sites excluding steroid dienone is 2. The topological polar surface area (TPSA) is 20.2 Å². The molecule has 1 unspecified atom stereocenters. The van der Waals surface area contributed by atoms with E-state index in [1.807, 2.05) is 0 Å². The molecule has 1 rings (SSSR count). The second kappa shape index (κ2) is 4.42. The molecule has 0 aromatic heterocycles. The molecular formula is C13H26OSi. The van der Waals surface area contributed by atoms with E-state index in [9.17, 15) is 5.11 Å². The van der Waals surface area contributed by atoms with Gasteiger partial charge in [0.15, 0.2) is 0 Å². The molecular weight excluding hydrogens is 200 g/mol. The second-order valence-corrected chi connectivity index (χ2v) is 12.3. The van der Waals surface area contributed by atoms with Crippen molar-refractivity contribution in [2.75, 3.05) is 6.61 Å². The lowest BCUT2D eigenvalue weighted by atomic mass is 9.71. The maximum Gasteiger partial charge on any atom is 0.0483 e. The first-order valence-electron chi connectivity index (χ1n) is 6.06. The van der Waals surface area contributed by atoms with Crippen LogP contribution in [-0.4, -0.2) is 19.8 Å². The zero-order valence-electron chi connectivity index (χ0n) is 10.9. The van der Waals surface area contributed by atoms with Gasteiger partial charge < -0.3 is 5.11 Å². The number of aliphatic hydroxyl groups is 1. The summed E-state index contributed by atoms with van der Waals surface area (Å²) in [6.45, 7) is 12.1. The minimum absolute atomic E-state index is 0.196. The maximum atomic E-state index is 9.32. The summed E-state index contributed by atoms with van der Waals surface area (Å²) in [5, 5.41) is 9.32. The van der Waals surface area contributed by atoms with Gasteiger partial charge in [-0.15, -0.1) is 0 Å². The third kappa shape index (κ3) is 3.76. The van der Waals surface area contributed by atoms with E-state index < -0.39 is 8.07 Å². The molecule has 0 saturated heterocycles. The van der Waals surface area contributed by atoms with Crippen molar-refractivity contribution in [2.45, 2.75) is 52.4 Å². The fraction of sp³-hybridized carbons (Fsp3) is 0.846. The molecule has 1 nitrogen and oxygen atoms in total. The highest BCUT2D eigenvalue weighted by Crippen LogP contribution is 2.40. The van der Waals surface area contributed by atoms with E-state index in [4.69, 9.17) is 0 Å². The third-order valence-electron chi connectivity index (χ3n) is 3.42. The summed E-state index contributed by atoms with van der Waals surface area (Å²) in [4.78, 5) is 0. The standard InChI is InChI=1S/C13H26OSi/c1-13(2)8-11(10-15(3,4)5)6-7-12(13)9-14/h8,12,14H,6-7,9-10H2,1-5H3. The molecule has 0 aromatic rings. The van der Waals surface area contributed by atoms with Gasteiger partial charge >= 0.3 is 0 Å². The van der Waals surface area contributed by atoms with Gasteiger partial charge in [0.2, 0.25) is 0 Å². The van der Waals surface area contributed by atoms with E-state index in [1.165, 1.54) is 18.9 Å². The van der Waals surface area contributed by atoms with Gasteiger partial charge in [-0.2, -0.15) is 0 Å². The summed E-state index contributed by atoms with van der Waals surface area (Å²) >= 11 is 0. The lowest BCUT2D eigenvalue weighted by Crippen LogP contribution is -2.30. The van der Waals surface area contributed by atoms with Crippen molar-refractivity contribution in [1.82, 2.24) is 0 Å². The molecule has 1 atom stereocenters. The van der Waals surface area contributed by atoms with Crippen LogP contribution in [0.25, 0.3) is 0 Å². The number of rotatable bonds is 3. The Hall–Kier alpha value is -0.0831. The normalized spacial score (nSPS) is 26.3. The largest absolute Gasteiger partial charge is 0.396 e.